The minimum Gasteiger partial charge on any atom is -0.490 e. The minimum atomic E-state index is -0.291. The van der Waals surface area contributed by atoms with Gasteiger partial charge in [0.25, 0.3) is 0 Å². The fraction of sp³-hybridized carbons (Fsp3) is 0.526. The summed E-state index contributed by atoms with van der Waals surface area (Å²) in [5.74, 6) is 1.07. The molecule has 1 fully saturated rings. The first kappa shape index (κ1) is 17.4. The zero-order chi connectivity index (χ0) is 16.5. The maximum Gasteiger partial charge on any atom is 0.331 e. The molecular formula is C19H26O4. The van der Waals surface area contributed by atoms with E-state index in [1.54, 1.807) is 6.08 Å². The molecule has 0 aromatic heterocycles. The van der Waals surface area contributed by atoms with E-state index >= 15 is 0 Å². The van der Waals surface area contributed by atoms with E-state index in [2.05, 4.69) is 0 Å². The first-order valence-electron chi connectivity index (χ1n) is 8.51. The van der Waals surface area contributed by atoms with Gasteiger partial charge >= 0.3 is 5.97 Å². The molecule has 1 aliphatic carbocycles. The Morgan fingerprint density at radius 3 is 2.57 bits per heavy atom. The Morgan fingerprint density at radius 1 is 1.13 bits per heavy atom. The zero-order valence-electron chi connectivity index (χ0n) is 14.0. The van der Waals surface area contributed by atoms with Gasteiger partial charge in [-0.25, -0.2) is 4.79 Å². The Kier molecular flexibility index (Phi) is 6.98. The number of esters is 1. The molecule has 1 aromatic rings. The van der Waals surface area contributed by atoms with Crippen LogP contribution in [0, 0.1) is 0 Å². The van der Waals surface area contributed by atoms with Gasteiger partial charge in [-0.05, 0) is 51.7 Å². The van der Waals surface area contributed by atoms with Crippen molar-refractivity contribution in [2.45, 2.75) is 52.1 Å². The van der Waals surface area contributed by atoms with E-state index in [1.807, 2.05) is 32.0 Å². The van der Waals surface area contributed by atoms with Crippen molar-refractivity contribution in [2.24, 2.45) is 0 Å². The third-order valence-corrected chi connectivity index (χ3v) is 3.83. The van der Waals surface area contributed by atoms with Crippen molar-refractivity contribution in [2.75, 3.05) is 13.2 Å². The fourth-order valence-electron chi connectivity index (χ4n) is 2.78. The molecule has 23 heavy (non-hydrogen) atoms. The highest BCUT2D eigenvalue weighted by atomic mass is 16.5. The Hall–Kier alpha value is -1.97. The second-order valence-electron chi connectivity index (χ2n) is 5.57. The van der Waals surface area contributed by atoms with Crippen molar-refractivity contribution >= 4 is 12.0 Å². The molecule has 1 saturated carbocycles. The van der Waals surface area contributed by atoms with Crippen LogP contribution >= 0.6 is 0 Å². The zero-order valence-corrected chi connectivity index (χ0v) is 14.0. The number of para-hydroxylation sites is 1. The largest absolute Gasteiger partial charge is 0.490 e. The van der Waals surface area contributed by atoms with Crippen LogP contribution in [0.1, 0.15) is 51.5 Å². The quantitative estimate of drug-likeness (QED) is 0.553. The molecule has 0 atom stereocenters. The standard InChI is InChI=1S/C19H26O4/c1-3-21-17-12-8-9-15(19(17)22-4-2)13-14-18(20)23-16-10-6-5-7-11-16/h8-9,12-14,16H,3-7,10-11H2,1-2H3. The number of rotatable bonds is 7. The molecule has 4 heteroatoms. The van der Waals surface area contributed by atoms with Crippen LogP contribution in [0.2, 0.25) is 0 Å². The van der Waals surface area contributed by atoms with Crippen LogP contribution in [-0.2, 0) is 9.53 Å². The van der Waals surface area contributed by atoms with Crippen LogP contribution in [0.5, 0.6) is 11.5 Å². The summed E-state index contributed by atoms with van der Waals surface area (Å²) in [6.07, 6.45) is 8.76. The summed E-state index contributed by atoms with van der Waals surface area (Å²) in [6, 6.07) is 5.66. The molecule has 0 unspecified atom stereocenters. The predicted octanol–water partition coefficient (Wildman–Crippen LogP) is 4.37. The predicted molar refractivity (Wildman–Crippen MR) is 90.8 cm³/mol. The molecule has 4 nitrogen and oxygen atoms in total. The lowest BCUT2D eigenvalue weighted by Crippen LogP contribution is -2.19. The van der Waals surface area contributed by atoms with E-state index in [9.17, 15) is 4.79 Å². The normalized spacial score (nSPS) is 15.6. The van der Waals surface area contributed by atoms with Crippen molar-refractivity contribution in [3.05, 3.63) is 29.8 Å². The topological polar surface area (TPSA) is 44.8 Å². The summed E-state index contributed by atoms with van der Waals surface area (Å²) >= 11 is 0. The second kappa shape index (κ2) is 9.23. The SMILES string of the molecule is CCOc1cccc(C=CC(=O)OC2CCCCC2)c1OCC. The summed E-state index contributed by atoms with van der Waals surface area (Å²) in [6.45, 7) is 4.96. The van der Waals surface area contributed by atoms with Gasteiger partial charge in [0, 0.05) is 11.6 Å². The summed E-state index contributed by atoms with van der Waals surface area (Å²) < 4.78 is 16.8. The van der Waals surface area contributed by atoms with E-state index in [-0.39, 0.29) is 12.1 Å². The molecular weight excluding hydrogens is 292 g/mol. The molecule has 0 heterocycles. The molecule has 0 N–H and O–H groups in total. The highest BCUT2D eigenvalue weighted by Crippen LogP contribution is 2.32. The van der Waals surface area contributed by atoms with Crippen molar-refractivity contribution in [3.8, 4) is 11.5 Å². The summed E-state index contributed by atoms with van der Waals surface area (Å²) in [7, 11) is 0. The minimum absolute atomic E-state index is 0.0713. The Bertz CT molecular complexity index is 530. The van der Waals surface area contributed by atoms with E-state index in [0.717, 1.165) is 31.2 Å². The van der Waals surface area contributed by atoms with Crippen molar-refractivity contribution in [1.29, 1.82) is 0 Å². The van der Waals surface area contributed by atoms with Gasteiger partial charge < -0.3 is 14.2 Å². The first-order valence-corrected chi connectivity index (χ1v) is 8.51. The van der Waals surface area contributed by atoms with E-state index in [4.69, 9.17) is 14.2 Å². The van der Waals surface area contributed by atoms with Crippen LogP contribution < -0.4 is 9.47 Å². The van der Waals surface area contributed by atoms with Crippen molar-refractivity contribution in [1.82, 2.24) is 0 Å². The Balaban J connectivity index is 2.05. The van der Waals surface area contributed by atoms with E-state index in [1.165, 1.54) is 12.5 Å². The molecule has 2 rings (SSSR count). The first-order chi connectivity index (χ1) is 11.2. The number of carbonyl (C=O) groups is 1. The maximum atomic E-state index is 12.0. The molecule has 0 amide bonds. The van der Waals surface area contributed by atoms with Crippen LogP contribution in [0.3, 0.4) is 0 Å². The third-order valence-electron chi connectivity index (χ3n) is 3.83. The molecule has 126 valence electrons. The molecule has 0 spiro atoms. The molecule has 0 bridgehead atoms. The van der Waals surface area contributed by atoms with Gasteiger partial charge in [-0.15, -0.1) is 0 Å². The number of ether oxygens (including phenoxy) is 3. The highest BCUT2D eigenvalue weighted by Gasteiger charge is 2.16. The average molecular weight is 318 g/mol. The molecule has 1 aliphatic rings. The smallest absolute Gasteiger partial charge is 0.331 e. The number of hydrogen-bond acceptors (Lipinski definition) is 4. The summed E-state index contributed by atoms with van der Waals surface area (Å²) in [5, 5.41) is 0. The third kappa shape index (κ3) is 5.31. The molecule has 0 saturated heterocycles. The lowest BCUT2D eigenvalue weighted by Gasteiger charge is -2.21. The van der Waals surface area contributed by atoms with Crippen LogP contribution in [-0.4, -0.2) is 25.3 Å². The van der Waals surface area contributed by atoms with Gasteiger partial charge in [0.05, 0.1) is 13.2 Å². The van der Waals surface area contributed by atoms with Gasteiger partial charge in [-0.3, -0.25) is 0 Å². The lowest BCUT2D eigenvalue weighted by molar-refractivity contribution is -0.144. The number of benzene rings is 1. The van der Waals surface area contributed by atoms with Crippen LogP contribution in [0.4, 0.5) is 0 Å². The summed E-state index contributed by atoms with van der Waals surface area (Å²) in [4.78, 5) is 12.0. The Labute approximate surface area is 138 Å². The van der Waals surface area contributed by atoms with Crippen molar-refractivity contribution in [3.63, 3.8) is 0 Å². The number of carbonyl (C=O) groups excluding carboxylic acids is 1. The van der Waals surface area contributed by atoms with Crippen LogP contribution in [0.25, 0.3) is 6.08 Å². The van der Waals surface area contributed by atoms with Crippen LogP contribution in [0.15, 0.2) is 24.3 Å². The molecule has 1 aromatic carbocycles. The van der Waals surface area contributed by atoms with Crippen molar-refractivity contribution < 1.29 is 19.0 Å². The van der Waals surface area contributed by atoms with Gasteiger partial charge in [-0.1, -0.05) is 18.6 Å². The number of hydrogen-bond donors (Lipinski definition) is 0. The molecule has 0 radical (unpaired) electrons. The van der Waals surface area contributed by atoms with Gasteiger partial charge in [0.15, 0.2) is 11.5 Å². The van der Waals surface area contributed by atoms with Gasteiger partial charge in [0.2, 0.25) is 0 Å². The second-order valence-corrected chi connectivity index (χ2v) is 5.57. The highest BCUT2D eigenvalue weighted by molar-refractivity contribution is 5.88. The van der Waals surface area contributed by atoms with Gasteiger partial charge in [0.1, 0.15) is 6.10 Å². The fourth-order valence-corrected chi connectivity index (χ4v) is 2.78. The van der Waals surface area contributed by atoms with E-state index in [0.29, 0.717) is 24.7 Å². The Morgan fingerprint density at radius 2 is 1.87 bits per heavy atom. The summed E-state index contributed by atoms with van der Waals surface area (Å²) in [5.41, 5.74) is 0.818. The molecule has 0 aliphatic heterocycles. The van der Waals surface area contributed by atoms with E-state index < -0.39 is 0 Å². The average Bonchev–Trinajstić information content (AvgIpc) is 2.56. The lowest BCUT2D eigenvalue weighted by atomic mass is 9.98. The van der Waals surface area contributed by atoms with Gasteiger partial charge in [-0.2, -0.15) is 0 Å². The maximum absolute atomic E-state index is 12.0. The monoisotopic (exact) mass is 318 g/mol.